The fourth-order valence-corrected chi connectivity index (χ4v) is 1.10. The van der Waals surface area contributed by atoms with Gasteiger partial charge in [-0.3, -0.25) is 0 Å². The predicted octanol–water partition coefficient (Wildman–Crippen LogP) is 3.01. The van der Waals surface area contributed by atoms with Crippen LogP contribution >= 0.6 is 0 Å². The lowest BCUT2D eigenvalue weighted by molar-refractivity contribution is 0.616. The fraction of sp³-hybridized carbons (Fsp3) is 1.00. The van der Waals surface area contributed by atoms with E-state index in [0.29, 0.717) is 0 Å². The van der Waals surface area contributed by atoms with Crippen molar-refractivity contribution >= 4 is 15.1 Å². The lowest BCUT2D eigenvalue weighted by Crippen LogP contribution is -2.25. The van der Waals surface area contributed by atoms with Gasteiger partial charge in [0, 0.05) is 0 Å². The molecule has 11 heavy (non-hydrogen) atoms. The Bertz CT molecular complexity index is 103. The van der Waals surface area contributed by atoms with Gasteiger partial charge in [0.05, 0.1) is 7.85 Å². The summed E-state index contributed by atoms with van der Waals surface area (Å²) in [6, 6.07) is 0. The average Bonchev–Trinajstić information content (AvgIpc) is 1.86. The van der Waals surface area contributed by atoms with E-state index < -0.39 is 0 Å². The molecule has 0 nitrogen and oxygen atoms in total. The second-order valence-corrected chi connectivity index (χ2v) is 4.35. The molecule has 0 aliphatic heterocycles. The Balaban J connectivity index is 4.02. The van der Waals surface area contributed by atoms with Crippen LogP contribution in [0, 0.1) is 0 Å². The molecule has 0 amide bonds. The normalized spacial score (nSPS) is 17.5. The number of hydrogen-bond acceptors (Lipinski definition) is 0. The minimum atomic E-state index is -0.0977. The first-order valence-electron chi connectivity index (χ1n) is 4.49. The van der Waals surface area contributed by atoms with Crippen molar-refractivity contribution in [2.75, 3.05) is 0 Å². The lowest BCUT2D eigenvalue weighted by Gasteiger charge is -2.32. The third-order valence-corrected chi connectivity index (χ3v) is 2.39. The average molecular weight is 149 g/mol. The van der Waals surface area contributed by atoms with E-state index in [2.05, 4.69) is 41.9 Å². The van der Waals surface area contributed by atoms with Crippen molar-refractivity contribution in [1.82, 2.24) is 0 Å². The number of rotatable bonds is 4. The molecular weight excluding hydrogens is 130 g/mol. The van der Waals surface area contributed by atoms with E-state index in [1.165, 1.54) is 0 Å². The highest BCUT2D eigenvalue weighted by Gasteiger charge is 2.26. The van der Waals surface area contributed by atoms with E-state index in [0.717, 1.165) is 12.8 Å². The Kier molecular flexibility index (Phi) is 3.73. The van der Waals surface area contributed by atoms with Crippen LogP contribution in [0.1, 0.15) is 47.5 Å². The van der Waals surface area contributed by atoms with E-state index in [9.17, 15) is 0 Å². The van der Waals surface area contributed by atoms with Crippen LogP contribution in [-0.2, 0) is 0 Å². The van der Waals surface area contributed by atoms with E-state index >= 15 is 0 Å². The van der Waals surface area contributed by atoms with Crippen LogP contribution in [-0.4, -0.2) is 15.1 Å². The molecule has 3 radical (unpaired) electrons. The van der Waals surface area contributed by atoms with Crippen molar-refractivity contribution in [2.45, 2.75) is 58.0 Å². The van der Waals surface area contributed by atoms with Gasteiger partial charge in [0.2, 0.25) is 0 Å². The summed E-state index contributed by atoms with van der Waals surface area (Å²) in [5.41, 5.74) is 0. The molecule has 0 bridgehead atoms. The molecule has 0 aromatic carbocycles. The second-order valence-electron chi connectivity index (χ2n) is 4.35. The Morgan fingerprint density at radius 3 is 1.82 bits per heavy atom. The van der Waals surface area contributed by atoms with Gasteiger partial charge in [0.25, 0.3) is 0 Å². The van der Waals surface area contributed by atoms with Crippen LogP contribution in [0.15, 0.2) is 0 Å². The molecule has 0 aliphatic carbocycles. The van der Waals surface area contributed by atoms with Crippen molar-refractivity contribution in [3.8, 4) is 0 Å². The third-order valence-electron chi connectivity index (χ3n) is 2.39. The van der Waals surface area contributed by atoms with Gasteiger partial charge in [-0.15, -0.1) is 0 Å². The van der Waals surface area contributed by atoms with Crippen LogP contribution < -0.4 is 0 Å². The van der Waals surface area contributed by atoms with E-state index in [1.807, 2.05) is 0 Å². The fourth-order valence-electron chi connectivity index (χ4n) is 1.10. The largest absolute Gasteiger partial charge is 0.114 e. The molecule has 0 N–H and O–H groups in total. The highest BCUT2D eigenvalue weighted by Crippen LogP contribution is 2.37. The zero-order chi connectivity index (χ0) is 9.12. The Labute approximate surface area is 73.8 Å². The Hall–Kier alpha value is 0.130. The summed E-state index contributed by atoms with van der Waals surface area (Å²) in [6.07, 6.45) is 2.16. The van der Waals surface area contributed by atoms with Crippen molar-refractivity contribution < 1.29 is 0 Å². The van der Waals surface area contributed by atoms with Gasteiger partial charge >= 0.3 is 0 Å². The molecule has 2 heteroatoms. The van der Waals surface area contributed by atoms with Gasteiger partial charge in [-0.05, 0) is 0 Å². The standard InChI is InChI=1S/C9H19B2/c1-6-8(3,4)11-9(5,10)7-2/h6-7H2,1-5H3. The van der Waals surface area contributed by atoms with Gasteiger partial charge in [0.1, 0.15) is 7.28 Å². The van der Waals surface area contributed by atoms with Gasteiger partial charge in [-0.1, -0.05) is 58.0 Å². The van der Waals surface area contributed by atoms with Crippen molar-refractivity contribution in [2.24, 2.45) is 0 Å². The molecule has 0 aliphatic rings. The smallest absolute Gasteiger partial charge is 0.0935 e. The van der Waals surface area contributed by atoms with Crippen LogP contribution in [0.3, 0.4) is 0 Å². The van der Waals surface area contributed by atoms with Gasteiger partial charge < -0.3 is 0 Å². The first kappa shape index (κ1) is 11.1. The highest BCUT2D eigenvalue weighted by molar-refractivity contribution is 6.56. The van der Waals surface area contributed by atoms with Crippen molar-refractivity contribution in [1.29, 1.82) is 0 Å². The first-order chi connectivity index (χ1) is 4.83. The zero-order valence-corrected chi connectivity index (χ0v) is 8.57. The topological polar surface area (TPSA) is 0 Å². The van der Waals surface area contributed by atoms with E-state index in [1.54, 1.807) is 0 Å². The van der Waals surface area contributed by atoms with Crippen LogP contribution in [0.2, 0.25) is 10.5 Å². The molecule has 1 unspecified atom stereocenters. The number of hydrogen-bond donors (Lipinski definition) is 0. The monoisotopic (exact) mass is 149 g/mol. The molecule has 0 spiro atoms. The molecule has 0 heterocycles. The molecule has 0 rings (SSSR count). The predicted molar refractivity (Wildman–Crippen MR) is 54.5 cm³/mol. The summed E-state index contributed by atoms with van der Waals surface area (Å²) < 4.78 is 0. The Morgan fingerprint density at radius 2 is 1.55 bits per heavy atom. The Morgan fingerprint density at radius 1 is 1.09 bits per heavy atom. The SMILES string of the molecule is [B]C(C)([B]C(C)(C)CC)CC. The minimum absolute atomic E-state index is 0.0977. The van der Waals surface area contributed by atoms with Gasteiger partial charge in [0.15, 0.2) is 0 Å². The maximum atomic E-state index is 6.02. The second kappa shape index (κ2) is 3.69. The quantitative estimate of drug-likeness (QED) is 0.538. The van der Waals surface area contributed by atoms with Crippen LogP contribution in [0.5, 0.6) is 0 Å². The maximum Gasteiger partial charge on any atom is 0.114 e. The van der Waals surface area contributed by atoms with Crippen molar-refractivity contribution in [3.05, 3.63) is 0 Å². The summed E-state index contributed by atoms with van der Waals surface area (Å²) in [6.45, 7) is 10.9. The summed E-state index contributed by atoms with van der Waals surface area (Å²) in [5.74, 6) is 0. The van der Waals surface area contributed by atoms with Crippen LogP contribution in [0.4, 0.5) is 0 Å². The minimum Gasteiger partial charge on any atom is -0.0935 e. The third kappa shape index (κ3) is 4.55. The van der Waals surface area contributed by atoms with E-state index in [4.69, 9.17) is 7.85 Å². The summed E-state index contributed by atoms with van der Waals surface area (Å²) >= 11 is 0. The molecule has 0 fully saturated rings. The van der Waals surface area contributed by atoms with E-state index in [-0.39, 0.29) is 10.5 Å². The molecule has 0 aromatic rings. The van der Waals surface area contributed by atoms with Crippen molar-refractivity contribution in [3.63, 3.8) is 0 Å². The molecule has 1 atom stereocenters. The van der Waals surface area contributed by atoms with Gasteiger partial charge in [-0.2, -0.15) is 0 Å². The van der Waals surface area contributed by atoms with Gasteiger partial charge in [-0.25, -0.2) is 0 Å². The van der Waals surface area contributed by atoms with Crippen LogP contribution in [0.25, 0.3) is 0 Å². The highest BCUT2D eigenvalue weighted by atomic mass is 14.1. The molecule has 0 saturated carbocycles. The summed E-state index contributed by atoms with van der Waals surface area (Å²) in [4.78, 5) is 0. The lowest BCUT2D eigenvalue weighted by atomic mass is 9.33. The first-order valence-corrected chi connectivity index (χ1v) is 4.49. The zero-order valence-electron chi connectivity index (χ0n) is 8.57. The molecular formula is C9H19B2. The molecule has 0 aromatic heterocycles. The molecule has 0 saturated heterocycles. The molecule has 61 valence electrons. The summed E-state index contributed by atoms with van der Waals surface area (Å²) in [5, 5.41) is 0.180. The summed E-state index contributed by atoms with van der Waals surface area (Å²) in [7, 11) is 8.29. The maximum absolute atomic E-state index is 6.02.